The SMILES string of the molecule is O=C([O-])c1ccc(-c2ccc(C(=O)[O-])s2)s1. The lowest BCUT2D eigenvalue weighted by molar-refractivity contribution is -0.255. The van der Waals surface area contributed by atoms with E-state index in [-0.39, 0.29) is 9.75 Å². The van der Waals surface area contributed by atoms with Gasteiger partial charge in [0.05, 0.1) is 21.7 Å². The van der Waals surface area contributed by atoms with E-state index in [1.165, 1.54) is 12.1 Å². The first-order valence-electron chi connectivity index (χ1n) is 4.20. The summed E-state index contributed by atoms with van der Waals surface area (Å²) >= 11 is 2.11. The Bertz CT molecular complexity index is 502. The third kappa shape index (κ3) is 1.98. The van der Waals surface area contributed by atoms with Crippen molar-refractivity contribution in [3.63, 3.8) is 0 Å². The highest BCUT2D eigenvalue weighted by Crippen LogP contribution is 2.33. The number of carbonyl (C=O) groups is 2. The minimum atomic E-state index is -1.23. The largest absolute Gasteiger partial charge is 0.544 e. The van der Waals surface area contributed by atoms with Crippen molar-refractivity contribution in [3.8, 4) is 9.75 Å². The Kier molecular flexibility index (Phi) is 2.76. The molecule has 16 heavy (non-hydrogen) atoms. The first kappa shape index (κ1) is 10.8. The van der Waals surface area contributed by atoms with E-state index in [1.807, 2.05) is 0 Å². The number of carboxylic acid groups (broad SMARTS) is 2. The zero-order chi connectivity index (χ0) is 11.7. The summed E-state index contributed by atoms with van der Waals surface area (Å²) in [6.45, 7) is 0. The molecule has 0 unspecified atom stereocenters. The van der Waals surface area contributed by atoms with Crippen molar-refractivity contribution in [1.82, 2.24) is 0 Å². The molecule has 0 N–H and O–H groups in total. The number of rotatable bonds is 3. The van der Waals surface area contributed by atoms with Gasteiger partial charge in [0.15, 0.2) is 0 Å². The fraction of sp³-hybridized carbons (Fsp3) is 0. The van der Waals surface area contributed by atoms with Crippen LogP contribution in [0.5, 0.6) is 0 Å². The molecule has 82 valence electrons. The number of hydrogen-bond acceptors (Lipinski definition) is 6. The lowest BCUT2D eigenvalue weighted by Crippen LogP contribution is -2.20. The molecule has 0 amide bonds. The van der Waals surface area contributed by atoms with Crippen molar-refractivity contribution in [3.05, 3.63) is 34.0 Å². The fourth-order valence-corrected chi connectivity index (χ4v) is 2.93. The van der Waals surface area contributed by atoms with Gasteiger partial charge >= 0.3 is 0 Å². The molecule has 0 saturated heterocycles. The van der Waals surface area contributed by atoms with Crippen LogP contribution in [0.4, 0.5) is 0 Å². The van der Waals surface area contributed by atoms with Crippen LogP contribution < -0.4 is 10.2 Å². The molecule has 0 bridgehead atoms. The highest BCUT2D eigenvalue weighted by atomic mass is 32.1. The summed E-state index contributed by atoms with van der Waals surface area (Å²) in [4.78, 5) is 22.8. The molecule has 0 aliphatic carbocycles. The summed E-state index contributed by atoms with van der Waals surface area (Å²) in [7, 11) is 0. The van der Waals surface area contributed by atoms with Crippen molar-refractivity contribution < 1.29 is 19.8 Å². The zero-order valence-electron chi connectivity index (χ0n) is 7.76. The second kappa shape index (κ2) is 4.07. The first-order chi connectivity index (χ1) is 7.58. The number of hydrogen-bond donors (Lipinski definition) is 0. The van der Waals surface area contributed by atoms with Crippen LogP contribution in [0.1, 0.15) is 19.3 Å². The van der Waals surface area contributed by atoms with Gasteiger partial charge in [-0.05, 0) is 24.3 Å². The summed E-state index contributed by atoms with van der Waals surface area (Å²) in [5.74, 6) is -2.46. The van der Waals surface area contributed by atoms with Gasteiger partial charge in [-0.1, -0.05) is 0 Å². The van der Waals surface area contributed by atoms with E-state index in [0.717, 1.165) is 22.7 Å². The molecule has 0 atom stereocenters. The van der Waals surface area contributed by atoms with Crippen molar-refractivity contribution in [2.45, 2.75) is 0 Å². The molecular weight excluding hydrogens is 248 g/mol. The Balaban J connectivity index is 2.35. The fourth-order valence-electron chi connectivity index (χ4n) is 1.16. The molecule has 0 aliphatic rings. The molecule has 0 aliphatic heterocycles. The van der Waals surface area contributed by atoms with E-state index < -0.39 is 11.9 Å². The van der Waals surface area contributed by atoms with E-state index in [9.17, 15) is 19.8 Å². The van der Waals surface area contributed by atoms with Crippen LogP contribution in [0.15, 0.2) is 24.3 Å². The number of carboxylic acids is 2. The van der Waals surface area contributed by atoms with Crippen LogP contribution in [-0.2, 0) is 0 Å². The summed E-state index contributed by atoms with van der Waals surface area (Å²) in [5, 5.41) is 21.1. The Labute approximate surface area is 98.4 Å². The molecule has 2 rings (SSSR count). The zero-order valence-corrected chi connectivity index (χ0v) is 9.39. The first-order valence-corrected chi connectivity index (χ1v) is 5.84. The smallest absolute Gasteiger partial charge is 0.0815 e. The average Bonchev–Trinajstić information content (AvgIpc) is 2.86. The lowest BCUT2D eigenvalue weighted by Gasteiger charge is -1.95. The highest BCUT2D eigenvalue weighted by molar-refractivity contribution is 7.23. The van der Waals surface area contributed by atoms with E-state index in [2.05, 4.69) is 0 Å². The van der Waals surface area contributed by atoms with Gasteiger partial charge < -0.3 is 19.8 Å². The summed E-state index contributed by atoms with van der Waals surface area (Å²) in [6, 6.07) is 6.13. The number of aromatic carboxylic acids is 2. The normalized spacial score (nSPS) is 10.2. The summed E-state index contributed by atoms with van der Waals surface area (Å²) in [6.07, 6.45) is 0. The Morgan fingerprint density at radius 3 is 1.44 bits per heavy atom. The third-order valence-corrected chi connectivity index (χ3v) is 4.18. The quantitative estimate of drug-likeness (QED) is 0.781. The minimum absolute atomic E-state index is 0.124. The highest BCUT2D eigenvalue weighted by Gasteiger charge is 2.07. The maximum atomic E-state index is 10.6. The second-order valence-electron chi connectivity index (χ2n) is 2.90. The standard InChI is InChI=1S/C10H6O4S2/c11-9(12)7-3-1-5(15-7)6-2-4-8(16-6)10(13)14/h1-4H,(H,11,12)(H,13,14)/p-2. The minimum Gasteiger partial charge on any atom is -0.544 e. The molecule has 6 heteroatoms. The maximum absolute atomic E-state index is 10.6. The van der Waals surface area contributed by atoms with Crippen LogP contribution >= 0.6 is 22.7 Å². The van der Waals surface area contributed by atoms with Gasteiger partial charge in [-0.15, -0.1) is 22.7 Å². The van der Waals surface area contributed by atoms with E-state index in [4.69, 9.17) is 0 Å². The predicted octanol–water partition coefficient (Wildman–Crippen LogP) is 0.204. The van der Waals surface area contributed by atoms with Crippen LogP contribution in [0.2, 0.25) is 0 Å². The van der Waals surface area contributed by atoms with Crippen molar-refractivity contribution in [2.24, 2.45) is 0 Å². The average molecular weight is 252 g/mol. The van der Waals surface area contributed by atoms with Crippen molar-refractivity contribution >= 4 is 34.6 Å². The van der Waals surface area contributed by atoms with Gasteiger partial charge in [0, 0.05) is 9.75 Å². The molecule has 2 aromatic heterocycles. The van der Waals surface area contributed by atoms with E-state index in [1.54, 1.807) is 12.1 Å². The van der Waals surface area contributed by atoms with Crippen LogP contribution in [0.25, 0.3) is 9.75 Å². The molecule has 2 aromatic rings. The van der Waals surface area contributed by atoms with Crippen LogP contribution in [-0.4, -0.2) is 11.9 Å². The van der Waals surface area contributed by atoms with Crippen LogP contribution in [0.3, 0.4) is 0 Å². The Morgan fingerprint density at radius 1 is 0.812 bits per heavy atom. The molecule has 0 saturated carbocycles. The molecule has 4 nitrogen and oxygen atoms in total. The predicted molar refractivity (Wildman–Crippen MR) is 56.3 cm³/mol. The van der Waals surface area contributed by atoms with Gasteiger partial charge in [0.1, 0.15) is 0 Å². The van der Waals surface area contributed by atoms with Gasteiger partial charge in [0.2, 0.25) is 0 Å². The van der Waals surface area contributed by atoms with E-state index in [0.29, 0.717) is 9.75 Å². The maximum Gasteiger partial charge on any atom is 0.0815 e. The number of carbonyl (C=O) groups excluding carboxylic acids is 2. The van der Waals surface area contributed by atoms with Crippen molar-refractivity contribution in [1.29, 1.82) is 0 Å². The molecule has 0 spiro atoms. The van der Waals surface area contributed by atoms with Crippen molar-refractivity contribution in [2.75, 3.05) is 0 Å². The molecule has 0 fully saturated rings. The number of thiophene rings is 2. The summed E-state index contributed by atoms with van der Waals surface area (Å²) in [5.41, 5.74) is 0. The molecule has 0 aromatic carbocycles. The molecule has 0 radical (unpaired) electrons. The Hall–Kier alpha value is -1.66. The van der Waals surface area contributed by atoms with Gasteiger partial charge in [-0.2, -0.15) is 0 Å². The van der Waals surface area contributed by atoms with Gasteiger partial charge in [-0.3, -0.25) is 0 Å². The third-order valence-electron chi connectivity index (χ3n) is 1.86. The van der Waals surface area contributed by atoms with Gasteiger partial charge in [-0.25, -0.2) is 0 Å². The van der Waals surface area contributed by atoms with Crippen LogP contribution in [0, 0.1) is 0 Å². The topological polar surface area (TPSA) is 80.3 Å². The van der Waals surface area contributed by atoms with Gasteiger partial charge in [0.25, 0.3) is 0 Å². The second-order valence-corrected chi connectivity index (χ2v) is 5.07. The summed E-state index contributed by atoms with van der Waals surface area (Å²) < 4.78 is 0. The lowest BCUT2D eigenvalue weighted by atomic mass is 10.3. The van der Waals surface area contributed by atoms with E-state index >= 15 is 0 Å². The molecule has 2 heterocycles. The molecular formula is C10H4O4S2-2. The monoisotopic (exact) mass is 252 g/mol. The Morgan fingerprint density at radius 2 is 1.19 bits per heavy atom.